The molecule has 3 unspecified atom stereocenters. The molecule has 3 aliphatic rings. The molecule has 9 heteroatoms. The van der Waals surface area contributed by atoms with Crippen molar-refractivity contribution in [2.24, 2.45) is 5.92 Å². The van der Waals surface area contributed by atoms with Gasteiger partial charge in [-0.05, 0) is 28.7 Å². The van der Waals surface area contributed by atoms with Crippen molar-refractivity contribution in [2.75, 3.05) is 39.5 Å². The number of alkyl carbamates (subject to hydrolysis) is 1. The molecule has 0 aromatic heterocycles. The van der Waals surface area contributed by atoms with Crippen LogP contribution in [0.1, 0.15) is 23.5 Å². The van der Waals surface area contributed by atoms with E-state index < -0.39 is 24.2 Å². The van der Waals surface area contributed by atoms with Crippen molar-refractivity contribution in [1.29, 1.82) is 0 Å². The Morgan fingerprint density at radius 3 is 2.40 bits per heavy atom. The summed E-state index contributed by atoms with van der Waals surface area (Å²) in [6.07, 6.45) is -0.772. The fourth-order valence-corrected chi connectivity index (χ4v) is 5.22. The van der Waals surface area contributed by atoms with Gasteiger partial charge in [0.1, 0.15) is 12.7 Å². The molecule has 3 atom stereocenters. The molecule has 0 bridgehead atoms. The van der Waals surface area contributed by atoms with E-state index in [0.29, 0.717) is 13.0 Å². The summed E-state index contributed by atoms with van der Waals surface area (Å²) in [4.78, 5) is 38.4. The maximum absolute atomic E-state index is 13.0. The first-order valence-electron chi connectivity index (χ1n) is 11.9. The van der Waals surface area contributed by atoms with Gasteiger partial charge < -0.3 is 29.5 Å². The minimum atomic E-state index is -1.11. The Hall–Kier alpha value is -3.43. The fraction of sp³-hybridized carbons (Fsp3) is 0.423. The molecule has 2 amide bonds. The summed E-state index contributed by atoms with van der Waals surface area (Å²) in [5.41, 5.74) is 4.58. The zero-order chi connectivity index (χ0) is 24.4. The number of fused-ring (bicyclic) bond motifs is 3. The summed E-state index contributed by atoms with van der Waals surface area (Å²) >= 11 is 0. The van der Waals surface area contributed by atoms with Gasteiger partial charge in [0.05, 0.1) is 13.2 Å². The van der Waals surface area contributed by atoms with Gasteiger partial charge in [0, 0.05) is 31.5 Å². The standard InChI is InChI=1S/C26H28N2O7/c29-24(28-10-12-33-15-22(28)25(30)31)23-16(9-11-34-23)13-27-26(32)35-14-21-19-7-3-1-5-17(19)18-6-2-4-8-20(18)21/h1-8,16,21-23H,9-15H2,(H,27,32)(H,30,31). The quantitative estimate of drug-likeness (QED) is 0.652. The van der Waals surface area contributed by atoms with Crippen molar-refractivity contribution in [3.05, 3.63) is 59.7 Å². The number of hydrogen-bond donors (Lipinski definition) is 2. The number of carbonyl (C=O) groups excluding carboxylic acids is 2. The molecule has 2 saturated heterocycles. The van der Waals surface area contributed by atoms with Gasteiger partial charge in [0.25, 0.3) is 5.91 Å². The number of carboxylic acids is 1. The lowest BCUT2D eigenvalue weighted by Gasteiger charge is -2.35. The highest BCUT2D eigenvalue weighted by Crippen LogP contribution is 2.44. The van der Waals surface area contributed by atoms with E-state index in [1.165, 1.54) is 4.90 Å². The number of hydrogen-bond acceptors (Lipinski definition) is 6. The van der Waals surface area contributed by atoms with E-state index in [4.69, 9.17) is 14.2 Å². The fourth-order valence-electron chi connectivity index (χ4n) is 5.22. The van der Waals surface area contributed by atoms with E-state index in [1.54, 1.807) is 0 Å². The molecule has 5 rings (SSSR count). The molecule has 2 aromatic carbocycles. The highest BCUT2D eigenvalue weighted by atomic mass is 16.5. The molecule has 2 heterocycles. The SMILES string of the molecule is O=C(NCC1CCOC1C(=O)N1CCOCC1C(=O)O)OCC1c2ccccc2-c2ccccc21. The number of morpholine rings is 1. The normalized spacial score (nSPS) is 23.4. The monoisotopic (exact) mass is 480 g/mol. The summed E-state index contributed by atoms with van der Waals surface area (Å²) in [6, 6.07) is 15.2. The smallest absolute Gasteiger partial charge is 0.407 e. The third-order valence-electron chi connectivity index (χ3n) is 7.01. The van der Waals surface area contributed by atoms with E-state index in [-0.39, 0.29) is 50.7 Å². The first-order valence-corrected chi connectivity index (χ1v) is 11.9. The number of nitrogens with one attached hydrogen (secondary N) is 1. The zero-order valence-electron chi connectivity index (χ0n) is 19.2. The molecule has 184 valence electrons. The van der Waals surface area contributed by atoms with Crippen molar-refractivity contribution >= 4 is 18.0 Å². The molecule has 35 heavy (non-hydrogen) atoms. The number of carboxylic acid groups (broad SMARTS) is 1. The summed E-state index contributed by atoms with van der Waals surface area (Å²) in [5, 5.41) is 12.2. The molecule has 0 radical (unpaired) electrons. The summed E-state index contributed by atoms with van der Waals surface area (Å²) < 4.78 is 16.4. The van der Waals surface area contributed by atoms with Crippen LogP contribution in [-0.2, 0) is 23.8 Å². The molecule has 2 N–H and O–H groups in total. The van der Waals surface area contributed by atoms with Gasteiger partial charge in [0.15, 0.2) is 6.04 Å². The highest BCUT2D eigenvalue weighted by Gasteiger charge is 2.42. The lowest BCUT2D eigenvalue weighted by atomic mass is 9.98. The predicted octanol–water partition coefficient (Wildman–Crippen LogP) is 2.24. The predicted molar refractivity (Wildman–Crippen MR) is 125 cm³/mol. The van der Waals surface area contributed by atoms with Crippen molar-refractivity contribution in [2.45, 2.75) is 24.5 Å². The molecule has 2 aromatic rings. The Labute approximate surface area is 203 Å². The number of nitrogens with zero attached hydrogens (tertiary/aromatic N) is 1. The van der Waals surface area contributed by atoms with Gasteiger partial charge in [0.2, 0.25) is 0 Å². The second-order valence-corrected chi connectivity index (χ2v) is 9.01. The van der Waals surface area contributed by atoms with Crippen LogP contribution < -0.4 is 5.32 Å². The Morgan fingerprint density at radius 1 is 1.03 bits per heavy atom. The van der Waals surface area contributed by atoms with E-state index in [1.807, 2.05) is 24.3 Å². The van der Waals surface area contributed by atoms with E-state index in [0.717, 1.165) is 22.3 Å². The average molecular weight is 481 g/mol. The number of amides is 2. The van der Waals surface area contributed by atoms with Crippen LogP contribution in [0.4, 0.5) is 4.79 Å². The van der Waals surface area contributed by atoms with Gasteiger partial charge in [-0.15, -0.1) is 0 Å². The van der Waals surface area contributed by atoms with Crippen LogP contribution in [0.3, 0.4) is 0 Å². The number of aliphatic carboxylic acids is 1. The van der Waals surface area contributed by atoms with E-state index in [9.17, 15) is 19.5 Å². The number of rotatable bonds is 6. The number of carbonyl (C=O) groups is 3. The van der Waals surface area contributed by atoms with Crippen LogP contribution in [0.5, 0.6) is 0 Å². The van der Waals surface area contributed by atoms with Crippen molar-refractivity contribution in [3.63, 3.8) is 0 Å². The number of benzene rings is 2. The largest absolute Gasteiger partial charge is 0.480 e. The summed E-state index contributed by atoms with van der Waals surface area (Å²) in [5.74, 6) is -1.78. The first kappa shape index (κ1) is 23.3. The number of ether oxygens (including phenoxy) is 3. The minimum Gasteiger partial charge on any atom is -0.480 e. The van der Waals surface area contributed by atoms with Gasteiger partial charge in [-0.1, -0.05) is 48.5 Å². The maximum Gasteiger partial charge on any atom is 0.407 e. The molecule has 2 fully saturated rings. The van der Waals surface area contributed by atoms with Crippen LogP contribution in [0.15, 0.2) is 48.5 Å². The summed E-state index contributed by atoms with van der Waals surface area (Å²) in [7, 11) is 0. The van der Waals surface area contributed by atoms with Gasteiger partial charge in [-0.2, -0.15) is 0 Å². The molecular formula is C26H28N2O7. The van der Waals surface area contributed by atoms with Gasteiger partial charge >= 0.3 is 12.1 Å². The van der Waals surface area contributed by atoms with Crippen LogP contribution in [0.25, 0.3) is 11.1 Å². The topological polar surface area (TPSA) is 114 Å². The minimum absolute atomic E-state index is 0.0356. The van der Waals surface area contributed by atoms with Crippen LogP contribution in [-0.4, -0.2) is 79.6 Å². The Morgan fingerprint density at radius 2 is 1.71 bits per heavy atom. The van der Waals surface area contributed by atoms with E-state index >= 15 is 0 Å². The van der Waals surface area contributed by atoms with Gasteiger partial charge in [-0.25, -0.2) is 9.59 Å². The second kappa shape index (κ2) is 10.1. The molecular weight excluding hydrogens is 452 g/mol. The molecule has 2 aliphatic heterocycles. The third kappa shape index (κ3) is 4.61. The second-order valence-electron chi connectivity index (χ2n) is 9.01. The maximum atomic E-state index is 13.0. The Bertz CT molecular complexity index is 1070. The molecule has 1 aliphatic carbocycles. The van der Waals surface area contributed by atoms with Crippen LogP contribution >= 0.6 is 0 Å². The van der Waals surface area contributed by atoms with Crippen LogP contribution in [0, 0.1) is 5.92 Å². The van der Waals surface area contributed by atoms with Crippen molar-refractivity contribution in [3.8, 4) is 11.1 Å². The average Bonchev–Trinajstić information content (AvgIpc) is 3.48. The molecule has 0 spiro atoms. The summed E-state index contributed by atoms with van der Waals surface area (Å²) in [6.45, 7) is 1.21. The molecule has 0 saturated carbocycles. The van der Waals surface area contributed by atoms with E-state index in [2.05, 4.69) is 29.6 Å². The third-order valence-corrected chi connectivity index (χ3v) is 7.01. The Balaban J connectivity index is 1.17. The Kier molecular flexibility index (Phi) is 6.70. The lowest BCUT2D eigenvalue weighted by molar-refractivity contribution is -0.163. The first-order chi connectivity index (χ1) is 17.0. The lowest BCUT2D eigenvalue weighted by Crippen LogP contribution is -2.56. The van der Waals surface area contributed by atoms with Crippen LogP contribution in [0.2, 0.25) is 0 Å². The zero-order valence-corrected chi connectivity index (χ0v) is 19.2. The van der Waals surface area contributed by atoms with Gasteiger partial charge in [-0.3, -0.25) is 4.79 Å². The van der Waals surface area contributed by atoms with Crippen molar-refractivity contribution < 1.29 is 33.7 Å². The molecule has 9 nitrogen and oxygen atoms in total. The van der Waals surface area contributed by atoms with Crippen molar-refractivity contribution in [1.82, 2.24) is 10.2 Å². The highest BCUT2D eigenvalue weighted by molar-refractivity contribution is 5.87.